The van der Waals surface area contributed by atoms with Gasteiger partial charge in [-0.25, -0.2) is 0 Å². The number of methoxy groups -OCH3 is 2. The molecule has 0 saturated carbocycles. The van der Waals surface area contributed by atoms with Crippen LogP contribution in [0.1, 0.15) is 0 Å². The van der Waals surface area contributed by atoms with Crippen LogP contribution in [0.4, 0.5) is 0 Å². The normalized spacial score (nSPS) is 9.31. The Kier molecular flexibility index (Phi) is 9.57. The van der Waals surface area contributed by atoms with E-state index in [2.05, 4.69) is 9.97 Å². The zero-order valence-electron chi connectivity index (χ0n) is 14.5. The van der Waals surface area contributed by atoms with E-state index in [0.717, 1.165) is 33.3 Å². The highest BCUT2D eigenvalue weighted by Gasteiger charge is 1.99. The van der Waals surface area contributed by atoms with Crippen LogP contribution in [-0.4, -0.2) is 24.2 Å². The molecular weight excluding hydrogens is 554 g/mol. The van der Waals surface area contributed by atoms with Gasteiger partial charge in [0.25, 0.3) is 0 Å². The molecule has 0 aliphatic carbocycles. The van der Waals surface area contributed by atoms with Gasteiger partial charge in [0.15, 0.2) is 0 Å². The molecule has 2 heterocycles. The van der Waals surface area contributed by atoms with Gasteiger partial charge >= 0.3 is 0 Å². The summed E-state index contributed by atoms with van der Waals surface area (Å²) < 4.78 is 10.4. The Balaban J connectivity index is 0.000000241. The number of pyridine rings is 2. The number of rotatable bonds is 2. The third-order valence-electron chi connectivity index (χ3n) is 3.66. The van der Waals surface area contributed by atoms with Gasteiger partial charge in [-0.3, -0.25) is 9.97 Å². The summed E-state index contributed by atoms with van der Waals surface area (Å²) in [5.74, 6) is 1.75. The summed E-state index contributed by atoms with van der Waals surface area (Å²) in [7, 11) is 3.34. The van der Waals surface area contributed by atoms with Crippen molar-refractivity contribution in [2.45, 2.75) is 0 Å². The summed E-state index contributed by atoms with van der Waals surface area (Å²) in [4.78, 5) is 8.42. The second kappa shape index (κ2) is 11.1. The first-order chi connectivity index (χ1) is 11.8. The fraction of sp³-hybridized carbons (Fsp3) is 0.100. The van der Waals surface area contributed by atoms with Crippen LogP contribution in [0.5, 0.6) is 11.5 Å². The van der Waals surface area contributed by atoms with Crippen LogP contribution in [0.25, 0.3) is 21.8 Å². The number of ether oxygens (including phenoxy) is 2. The van der Waals surface area contributed by atoms with Gasteiger partial charge in [0, 0.05) is 23.2 Å². The molecule has 0 bridgehead atoms. The van der Waals surface area contributed by atoms with Crippen LogP contribution in [0.2, 0.25) is 0 Å². The molecule has 0 unspecified atom stereocenters. The molecular formula is C20H20I2N2O2. The molecule has 0 radical (unpaired) electrons. The van der Waals surface area contributed by atoms with Crippen LogP contribution in [0, 0.1) is 0 Å². The van der Waals surface area contributed by atoms with Gasteiger partial charge in [-0.15, -0.1) is 48.0 Å². The van der Waals surface area contributed by atoms with Gasteiger partial charge in [-0.1, -0.05) is 24.3 Å². The van der Waals surface area contributed by atoms with Crippen LogP contribution in [0.15, 0.2) is 73.1 Å². The fourth-order valence-corrected chi connectivity index (χ4v) is 2.50. The fourth-order valence-electron chi connectivity index (χ4n) is 2.50. The lowest BCUT2D eigenvalue weighted by molar-refractivity contribution is 0.419. The minimum Gasteiger partial charge on any atom is -0.496 e. The van der Waals surface area contributed by atoms with E-state index in [1.165, 1.54) is 0 Å². The van der Waals surface area contributed by atoms with Crippen molar-refractivity contribution in [2.75, 3.05) is 14.2 Å². The second-order valence-corrected chi connectivity index (χ2v) is 5.06. The van der Waals surface area contributed by atoms with E-state index >= 15 is 0 Å². The molecule has 136 valence electrons. The number of aromatic nitrogens is 2. The number of hydrogen-bond donors (Lipinski definition) is 0. The van der Waals surface area contributed by atoms with E-state index in [4.69, 9.17) is 9.47 Å². The molecule has 4 aromatic rings. The Morgan fingerprint density at radius 1 is 0.577 bits per heavy atom. The topological polar surface area (TPSA) is 44.2 Å². The van der Waals surface area contributed by atoms with Gasteiger partial charge in [-0.2, -0.15) is 0 Å². The maximum absolute atomic E-state index is 5.19. The third kappa shape index (κ3) is 5.16. The lowest BCUT2D eigenvalue weighted by Crippen LogP contribution is -1.85. The molecule has 26 heavy (non-hydrogen) atoms. The van der Waals surface area contributed by atoms with Crippen molar-refractivity contribution in [3.8, 4) is 11.5 Å². The summed E-state index contributed by atoms with van der Waals surface area (Å²) >= 11 is 0. The predicted molar refractivity (Wildman–Crippen MR) is 127 cm³/mol. The number of para-hydroxylation sites is 2. The molecule has 0 aliphatic heterocycles. The molecule has 4 nitrogen and oxygen atoms in total. The van der Waals surface area contributed by atoms with Gasteiger partial charge < -0.3 is 9.47 Å². The lowest BCUT2D eigenvalue weighted by Gasteiger charge is -2.02. The molecule has 4 rings (SSSR count). The number of hydrogen-bond acceptors (Lipinski definition) is 4. The van der Waals surface area contributed by atoms with E-state index in [1.54, 1.807) is 26.6 Å². The molecule has 0 fully saturated rings. The standard InChI is InChI=1S/2C10H9NO.2HI/c2*1-12-10-6-7-11-9-5-3-2-4-8(9)10;;/h2*2-7H,1H3;2*1H. The average Bonchev–Trinajstić information content (AvgIpc) is 2.67. The summed E-state index contributed by atoms with van der Waals surface area (Å²) in [5.41, 5.74) is 1.94. The highest BCUT2D eigenvalue weighted by molar-refractivity contribution is 14.0. The maximum Gasteiger partial charge on any atom is 0.129 e. The van der Waals surface area contributed by atoms with Crippen molar-refractivity contribution < 1.29 is 9.47 Å². The van der Waals surface area contributed by atoms with Crippen LogP contribution < -0.4 is 9.47 Å². The Labute approximate surface area is 187 Å². The smallest absolute Gasteiger partial charge is 0.129 e. The first-order valence-corrected chi connectivity index (χ1v) is 7.59. The molecule has 0 aliphatic rings. The van der Waals surface area contributed by atoms with Crippen molar-refractivity contribution in [3.05, 3.63) is 73.1 Å². The van der Waals surface area contributed by atoms with Crippen LogP contribution >= 0.6 is 48.0 Å². The van der Waals surface area contributed by atoms with E-state index in [1.807, 2.05) is 60.7 Å². The average molecular weight is 574 g/mol. The monoisotopic (exact) mass is 574 g/mol. The van der Waals surface area contributed by atoms with E-state index in [0.29, 0.717) is 0 Å². The maximum atomic E-state index is 5.19. The molecule has 0 saturated heterocycles. The largest absolute Gasteiger partial charge is 0.496 e. The van der Waals surface area contributed by atoms with Crippen molar-refractivity contribution >= 4 is 69.8 Å². The Morgan fingerprint density at radius 3 is 1.35 bits per heavy atom. The zero-order valence-corrected chi connectivity index (χ0v) is 19.1. The quantitative estimate of drug-likeness (QED) is 0.288. The molecule has 2 aromatic carbocycles. The summed E-state index contributed by atoms with van der Waals surface area (Å²) in [6, 6.07) is 19.6. The number of benzene rings is 2. The van der Waals surface area contributed by atoms with Crippen molar-refractivity contribution in [3.63, 3.8) is 0 Å². The van der Waals surface area contributed by atoms with E-state index < -0.39 is 0 Å². The molecule has 6 heteroatoms. The molecule has 0 amide bonds. The minimum atomic E-state index is 0. The van der Waals surface area contributed by atoms with Gasteiger partial charge in [0.2, 0.25) is 0 Å². The lowest BCUT2D eigenvalue weighted by atomic mass is 10.2. The first-order valence-electron chi connectivity index (χ1n) is 7.59. The highest BCUT2D eigenvalue weighted by atomic mass is 127. The molecule has 0 atom stereocenters. The first kappa shape index (κ1) is 22.4. The number of nitrogens with zero attached hydrogens (tertiary/aromatic N) is 2. The van der Waals surface area contributed by atoms with Crippen LogP contribution in [0.3, 0.4) is 0 Å². The molecule has 0 spiro atoms. The zero-order chi connectivity index (χ0) is 16.8. The number of fused-ring (bicyclic) bond motifs is 2. The minimum absolute atomic E-state index is 0. The van der Waals surface area contributed by atoms with Crippen LogP contribution in [-0.2, 0) is 0 Å². The van der Waals surface area contributed by atoms with Gasteiger partial charge in [0.05, 0.1) is 25.3 Å². The van der Waals surface area contributed by atoms with E-state index in [9.17, 15) is 0 Å². The SMILES string of the molecule is COc1ccnc2ccccc12.COc1ccnc2ccccc12.I.I. The Hall–Kier alpha value is -1.68. The van der Waals surface area contributed by atoms with E-state index in [-0.39, 0.29) is 48.0 Å². The second-order valence-electron chi connectivity index (χ2n) is 5.06. The van der Waals surface area contributed by atoms with Crippen molar-refractivity contribution in [2.24, 2.45) is 0 Å². The number of halogens is 2. The molecule has 2 aromatic heterocycles. The van der Waals surface area contributed by atoms with Crippen molar-refractivity contribution in [1.82, 2.24) is 9.97 Å². The summed E-state index contributed by atoms with van der Waals surface area (Å²) in [5, 5.41) is 2.12. The Bertz CT molecular complexity index is 874. The molecule has 0 N–H and O–H groups in total. The summed E-state index contributed by atoms with van der Waals surface area (Å²) in [6.45, 7) is 0. The highest BCUT2D eigenvalue weighted by Crippen LogP contribution is 2.23. The van der Waals surface area contributed by atoms with Gasteiger partial charge in [0.1, 0.15) is 11.5 Å². The third-order valence-corrected chi connectivity index (χ3v) is 3.66. The predicted octanol–water partition coefficient (Wildman–Crippen LogP) is 5.72. The van der Waals surface area contributed by atoms with Crippen molar-refractivity contribution in [1.29, 1.82) is 0 Å². The van der Waals surface area contributed by atoms with Gasteiger partial charge in [-0.05, 0) is 36.4 Å². The summed E-state index contributed by atoms with van der Waals surface area (Å²) in [6.07, 6.45) is 3.50. The Morgan fingerprint density at radius 2 is 0.962 bits per heavy atom.